The normalized spacial score (nSPS) is 11.6. The second-order valence-corrected chi connectivity index (χ2v) is 5.23. The van der Waals surface area contributed by atoms with E-state index in [1.807, 2.05) is 0 Å². The molecule has 12 heavy (non-hydrogen) atoms. The lowest BCUT2D eigenvalue weighted by Gasteiger charge is -1.98. The van der Waals surface area contributed by atoms with Crippen molar-refractivity contribution in [1.29, 1.82) is 0 Å². The van der Waals surface area contributed by atoms with E-state index in [1.54, 1.807) is 0 Å². The molecule has 66 valence electrons. The fraction of sp³-hybridized carbons (Fsp3) is 0.200. The average molecular weight is 206 g/mol. The maximum Gasteiger partial charge on any atom is 0.500 e. The van der Waals surface area contributed by atoms with Gasteiger partial charge < -0.3 is 10.0 Å². The first-order chi connectivity index (χ1) is 5.43. The van der Waals surface area contributed by atoms with E-state index in [9.17, 15) is 8.42 Å². The molecular weight excluding hydrogens is 199 g/mol. The first kappa shape index (κ1) is 9.72. The highest BCUT2D eigenvalue weighted by Crippen LogP contribution is 2.10. The summed E-state index contributed by atoms with van der Waals surface area (Å²) >= 11 is 1.01. The van der Waals surface area contributed by atoms with Crippen LogP contribution in [-0.4, -0.2) is 31.8 Å². The van der Waals surface area contributed by atoms with Crippen LogP contribution in [0.25, 0.3) is 0 Å². The molecule has 1 aromatic rings. The number of hydrogen-bond acceptors (Lipinski definition) is 5. The Kier molecular flexibility index (Phi) is 2.57. The molecule has 4 nitrogen and oxygen atoms in total. The summed E-state index contributed by atoms with van der Waals surface area (Å²) < 4.78 is 22.1. The predicted octanol–water partition coefficient (Wildman–Crippen LogP) is -1.17. The van der Waals surface area contributed by atoms with E-state index < -0.39 is 17.0 Å². The summed E-state index contributed by atoms with van der Waals surface area (Å²) in [5.41, 5.74) is 0. The van der Waals surface area contributed by atoms with E-state index in [-0.39, 0.29) is 9.67 Å². The highest BCUT2D eigenvalue weighted by Gasteiger charge is 2.23. The molecule has 0 unspecified atom stereocenters. The van der Waals surface area contributed by atoms with Crippen LogP contribution in [0.4, 0.5) is 0 Å². The van der Waals surface area contributed by atoms with Crippen LogP contribution in [0.1, 0.15) is 0 Å². The molecule has 0 aromatic carbocycles. The Balaban J connectivity index is 3.26. The third-order valence-corrected chi connectivity index (χ3v) is 3.53. The van der Waals surface area contributed by atoms with Crippen LogP contribution < -0.4 is 4.78 Å². The molecule has 0 aliphatic carbocycles. The fourth-order valence-electron chi connectivity index (χ4n) is 0.804. The van der Waals surface area contributed by atoms with E-state index in [4.69, 9.17) is 10.0 Å². The molecule has 0 aliphatic rings. The summed E-state index contributed by atoms with van der Waals surface area (Å²) in [6.45, 7) is 0. The third kappa shape index (κ3) is 1.86. The molecule has 1 rings (SSSR count). The van der Waals surface area contributed by atoms with Crippen LogP contribution >= 0.6 is 11.3 Å². The minimum atomic E-state index is -3.34. The van der Waals surface area contributed by atoms with Gasteiger partial charge >= 0.3 is 7.12 Å². The van der Waals surface area contributed by atoms with Gasteiger partial charge in [-0.1, -0.05) is 0 Å². The standard InChI is InChI=1S/C5H7BO4S2/c1-12(9,10)4-2-3-11-5(4)6(7)8/h2-3,7-8H,1H3. The van der Waals surface area contributed by atoms with Crippen LogP contribution in [0.2, 0.25) is 0 Å². The number of hydrogen-bond donors (Lipinski definition) is 2. The van der Waals surface area contributed by atoms with Crippen molar-refractivity contribution in [3.8, 4) is 0 Å². The van der Waals surface area contributed by atoms with Gasteiger partial charge in [-0.15, -0.1) is 0 Å². The Bertz CT molecular complexity index is 367. The van der Waals surface area contributed by atoms with Crippen LogP contribution in [0.5, 0.6) is 0 Å². The lowest BCUT2D eigenvalue weighted by atomic mass is 9.90. The third-order valence-electron chi connectivity index (χ3n) is 1.29. The van der Waals surface area contributed by atoms with E-state index in [1.165, 1.54) is 11.4 Å². The second-order valence-electron chi connectivity index (χ2n) is 2.29. The second kappa shape index (κ2) is 3.17. The molecular formula is C5H7BO4S2. The van der Waals surface area contributed by atoms with Gasteiger partial charge in [0.2, 0.25) is 0 Å². The zero-order valence-corrected chi connectivity index (χ0v) is 7.89. The van der Waals surface area contributed by atoms with Gasteiger partial charge in [0, 0.05) is 6.26 Å². The smallest absolute Gasteiger partial charge is 0.423 e. The Hall–Kier alpha value is -0.365. The van der Waals surface area contributed by atoms with E-state index >= 15 is 0 Å². The molecule has 0 amide bonds. The fourth-order valence-corrected chi connectivity index (χ4v) is 2.93. The van der Waals surface area contributed by atoms with Gasteiger partial charge in [-0.05, 0) is 11.4 Å². The Morgan fingerprint density at radius 3 is 2.42 bits per heavy atom. The van der Waals surface area contributed by atoms with Crippen molar-refractivity contribution in [2.75, 3.05) is 6.26 Å². The van der Waals surface area contributed by atoms with Crippen LogP contribution in [0, 0.1) is 0 Å². The Morgan fingerprint density at radius 1 is 1.50 bits per heavy atom. The van der Waals surface area contributed by atoms with Gasteiger partial charge in [-0.2, -0.15) is 11.3 Å². The summed E-state index contributed by atoms with van der Waals surface area (Å²) in [6, 6.07) is 1.36. The molecule has 0 atom stereocenters. The number of rotatable bonds is 2. The summed E-state index contributed by atoms with van der Waals surface area (Å²) in [4.78, 5) is -0.0116. The van der Waals surface area contributed by atoms with Crippen LogP contribution in [0.15, 0.2) is 16.3 Å². The highest BCUT2D eigenvalue weighted by atomic mass is 32.2. The monoisotopic (exact) mass is 206 g/mol. The van der Waals surface area contributed by atoms with Crippen molar-refractivity contribution in [3.05, 3.63) is 11.4 Å². The van der Waals surface area contributed by atoms with E-state index in [2.05, 4.69) is 0 Å². The number of sulfone groups is 1. The summed E-state index contributed by atoms with van der Waals surface area (Å²) in [7, 11) is -5.06. The average Bonchev–Trinajstić information content (AvgIpc) is 2.30. The Labute approximate surface area is 74.5 Å². The topological polar surface area (TPSA) is 74.6 Å². The molecule has 2 N–H and O–H groups in total. The van der Waals surface area contributed by atoms with Crippen LogP contribution in [0.3, 0.4) is 0 Å². The molecule has 0 bridgehead atoms. The van der Waals surface area contributed by atoms with E-state index in [0.717, 1.165) is 17.6 Å². The molecule has 1 aromatic heterocycles. The van der Waals surface area contributed by atoms with Gasteiger partial charge in [-0.25, -0.2) is 8.42 Å². The minimum absolute atomic E-state index is 0.0116. The van der Waals surface area contributed by atoms with Crippen LogP contribution in [-0.2, 0) is 9.84 Å². The molecule has 0 radical (unpaired) electrons. The summed E-state index contributed by atoms with van der Waals surface area (Å²) in [5.74, 6) is 0. The summed E-state index contributed by atoms with van der Waals surface area (Å²) in [6.07, 6.45) is 1.03. The van der Waals surface area contributed by atoms with Gasteiger partial charge in [0.15, 0.2) is 9.84 Å². The minimum Gasteiger partial charge on any atom is -0.423 e. The van der Waals surface area contributed by atoms with E-state index in [0.29, 0.717) is 0 Å². The van der Waals surface area contributed by atoms with Gasteiger partial charge in [0.1, 0.15) is 0 Å². The molecule has 1 heterocycles. The van der Waals surface area contributed by atoms with Gasteiger partial charge in [0.25, 0.3) is 0 Å². The van der Waals surface area contributed by atoms with Crippen molar-refractivity contribution in [2.24, 2.45) is 0 Å². The maximum absolute atomic E-state index is 11.0. The predicted molar refractivity (Wildman–Crippen MR) is 47.3 cm³/mol. The summed E-state index contributed by atoms with van der Waals surface area (Å²) in [5, 5.41) is 19.0. The first-order valence-electron chi connectivity index (χ1n) is 3.06. The van der Waals surface area contributed by atoms with Crippen molar-refractivity contribution in [3.63, 3.8) is 0 Å². The van der Waals surface area contributed by atoms with Crippen molar-refractivity contribution < 1.29 is 18.5 Å². The molecule has 7 heteroatoms. The molecule has 0 fully saturated rings. The maximum atomic E-state index is 11.0. The highest BCUT2D eigenvalue weighted by molar-refractivity contribution is 7.91. The van der Waals surface area contributed by atoms with Gasteiger partial charge in [-0.3, -0.25) is 0 Å². The first-order valence-corrected chi connectivity index (χ1v) is 5.83. The lowest BCUT2D eigenvalue weighted by Crippen LogP contribution is -2.30. The zero-order valence-electron chi connectivity index (χ0n) is 6.26. The van der Waals surface area contributed by atoms with Gasteiger partial charge in [0.05, 0.1) is 9.67 Å². The number of thiophene rings is 1. The van der Waals surface area contributed by atoms with Crippen molar-refractivity contribution in [1.82, 2.24) is 0 Å². The molecule has 0 saturated carbocycles. The molecule has 0 saturated heterocycles. The van der Waals surface area contributed by atoms with Crippen molar-refractivity contribution >= 4 is 33.1 Å². The largest absolute Gasteiger partial charge is 0.500 e. The quantitative estimate of drug-likeness (QED) is 0.598. The molecule has 0 aliphatic heterocycles. The zero-order chi connectivity index (χ0) is 9.35. The van der Waals surface area contributed by atoms with Crippen molar-refractivity contribution in [2.45, 2.75) is 4.90 Å². The SMILES string of the molecule is CS(=O)(=O)c1ccsc1B(O)O. The Morgan fingerprint density at radius 2 is 2.08 bits per heavy atom. The molecule has 0 spiro atoms. The lowest BCUT2D eigenvalue weighted by molar-refractivity contribution is 0.426.